The molecule has 0 spiro atoms. The van der Waals surface area contributed by atoms with Gasteiger partial charge in [-0.1, -0.05) is 29.4 Å². The topological polar surface area (TPSA) is 98.5 Å². The van der Waals surface area contributed by atoms with E-state index in [9.17, 15) is 0 Å². The van der Waals surface area contributed by atoms with Crippen molar-refractivity contribution in [2.24, 2.45) is 4.99 Å². The molecule has 11 heteroatoms. The number of rotatable bonds is 5. The largest absolute Gasteiger partial charge is 0.549 e. The molecule has 3 saturated heterocycles. The SMILES string of the molecule is Brc1cnc(C2(/N=C3\BO3)BO2)c(-c2cc(-c3ccc([C@H]4CCCOC4)cc3)no2)n1. The van der Waals surface area contributed by atoms with Crippen LogP contribution in [0.4, 0.5) is 0 Å². The van der Waals surface area contributed by atoms with Crippen LogP contribution in [0.25, 0.3) is 22.7 Å². The van der Waals surface area contributed by atoms with Gasteiger partial charge in [0.05, 0.1) is 12.8 Å². The molecule has 5 heterocycles. The minimum atomic E-state index is -0.856. The highest BCUT2D eigenvalue weighted by Gasteiger charge is 2.54. The Morgan fingerprint density at radius 3 is 2.77 bits per heavy atom. The molecule has 0 amide bonds. The van der Waals surface area contributed by atoms with Gasteiger partial charge >= 0.3 is 15.0 Å². The lowest BCUT2D eigenvalue weighted by molar-refractivity contribution is 0.0804. The number of nitrogens with zero attached hydrogens (tertiary/aromatic N) is 4. The van der Waals surface area contributed by atoms with Gasteiger partial charge in [-0.05, 0) is 34.3 Å². The standard InChI is InChI=1S/C20H17B2BrN4O4/c23-16-9-24-18(20(22-31-20)26-19-21-29-19)17(25-16)15-8-14(27-30-15)12-5-3-11(4-6-12)13-2-1-7-28-10-13/h3-6,8-9,13,21-22H,1-2,7,10H2/b26-19+/t13-,20?/m0/s1. The molecule has 8 nitrogen and oxygen atoms in total. The number of aromatic nitrogens is 3. The molecule has 3 aromatic rings. The Labute approximate surface area is 188 Å². The quantitative estimate of drug-likeness (QED) is 0.410. The van der Waals surface area contributed by atoms with Crippen LogP contribution in [0.5, 0.6) is 0 Å². The molecule has 0 saturated carbocycles. The van der Waals surface area contributed by atoms with E-state index in [2.05, 4.69) is 60.3 Å². The summed E-state index contributed by atoms with van der Waals surface area (Å²) in [6, 6.07) is 10.3. The predicted molar refractivity (Wildman–Crippen MR) is 119 cm³/mol. The Morgan fingerprint density at radius 1 is 1.23 bits per heavy atom. The van der Waals surface area contributed by atoms with Gasteiger partial charge in [-0.2, -0.15) is 0 Å². The average molecular weight is 479 g/mol. The number of ether oxygens (including phenoxy) is 1. The number of benzene rings is 1. The van der Waals surface area contributed by atoms with Crippen molar-refractivity contribution in [3.63, 3.8) is 0 Å². The fourth-order valence-electron chi connectivity index (χ4n) is 3.90. The average Bonchev–Trinajstić information content (AvgIpc) is 3.74. The summed E-state index contributed by atoms with van der Waals surface area (Å²) in [5.74, 6) is 1.63. The van der Waals surface area contributed by atoms with Crippen LogP contribution in [0.2, 0.25) is 0 Å². The van der Waals surface area contributed by atoms with Crippen LogP contribution >= 0.6 is 15.9 Å². The number of hydrogen-bond acceptors (Lipinski definition) is 8. The van der Waals surface area contributed by atoms with Crippen LogP contribution in [-0.4, -0.2) is 49.1 Å². The highest BCUT2D eigenvalue weighted by atomic mass is 79.9. The number of halogens is 1. The third-order valence-corrected chi connectivity index (χ3v) is 6.07. The van der Waals surface area contributed by atoms with Gasteiger partial charge in [-0.15, -0.1) is 0 Å². The Morgan fingerprint density at radius 2 is 2.06 bits per heavy atom. The van der Waals surface area contributed by atoms with Gasteiger partial charge in [0, 0.05) is 24.2 Å². The second-order valence-electron chi connectivity index (χ2n) is 7.87. The van der Waals surface area contributed by atoms with Crippen molar-refractivity contribution in [3.8, 4) is 22.7 Å². The first-order chi connectivity index (χ1) is 15.2. The maximum absolute atomic E-state index is 5.66. The zero-order valence-electron chi connectivity index (χ0n) is 16.6. The molecule has 3 aliphatic rings. The van der Waals surface area contributed by atoms with E-state index in [1.807, 2.05) is 6.07 Å². The molecule has 3 aliphatic heterocycles. The lowest BCUT2D eigenvalue weighted by atomic mass is 9.91. The van der Waals surface area contributed by atoms with Crippen molar-refractivity contribution in [1.29, 1.82) is 0 Å². The molecule has 2 atom stereocenters. The van der Waals surface area contributed by atoms with E-state index in [1.54, 1.807) is 6.20 Å². The van der Waals surface area contributed by atoms with Crippen molar-refractivity contribution in [3.05, 3.63) is 52.4 Å². The van der Waals surface area contributed by atoms with Gasteiger partial charge in [-0.3, -0.25) is 4.98 Å². The smallest absolute Gasteiger partial charge is 0.434 e. The zero-order valence-corrected chi connectivity index (χ0v) is 18.2. The van der Waals surface area contributed by atoms with Crippen molar-refractivity contribution < 1.29 is 18.6 Å². The fourth-order valence-corrected chi connectivity index (χ4v) is 4.18. The molecule has 0 N–H and O–H groups in total. The molecule has 0 aliphatic carbocycles. The summed E-state index contributed by atoms with van der Waals surface area (Å²) in [5.41, 5.74) is 3.29. The third-order valence-electron chi connectivity index (χ3n) is 5.69. The van der Waals surface area contributed by atoms with Crippen LogP contribution < -0.4 is 0 Å². The Hall–Kier alpha value is -2.49. The first-order valence-corrected chi connectivity index (χ1v) is 11.0. The van der Waals surface area contributed by atoms with Gasteiger partial charge in [0.1, 0.15) is 21.7 Å². The van der Waals surface area contributed by atoms with Crippen molar-refractivity contribution in [2.45, 2.75) is 24.4 Å². The highest BCUT2D eigenvalue weighted by Crippen LogP contribution is 2.42. The van der Waals surface area contributed by atoms with Crippen LogP contribution in [0.3, 0.4) is 0 Å². The maximum atomic E-state index is 5.66. The summed E-state index contributed by atoms with van der Waals surface area (Å²) >= 11 is 3.39. The molecule has 6 rings (SSSR count). The Balaban J connectivity index is 1.30. The second-order valence-corrected chi connectivity index (χ2v) is 8.68. The highest BCUT2D eigenvalue weighted by molar-refractivity contribution is 9.10. The van der Waals surface area contributed by atoms with E-state index in [4.69, 9.17) is 18.6 Å². The van der Waals surface area contributed by atoms with Gasteiger partial charge in [0.15, 0.2) is 17.2 Å². The summed E-state index contributed by atoms with van der Waals surface area (Å²) in [5, 5.41) is 4.27. The van der Waals surface area contributed by atoms with Crippen molar-refractivity contribution in [2.75, 3.05) is 13.2 Å². The Bertz CT molecular complexity index is 1150. The van der Waals surface area contributed by atoms with Gasteiger partial charge < -0.3 is 18.6 Å². The van der Waals surface area contributed by atoms with E-state index in [0.717, 1.165) is 37.3 Å². The lowest BCUT2D eigenvalue weighted by Crippen LogP contribution is -2.15. The molecule has 31 heavy (non-hydrogen) atoms. The van der Waals surface area contributed by atoms with Crippen molar-refractivity contribution >= 4 is 36.7 Å². The first kappa shape index (κ1) is 19.2. The van der Waals surface area contributed by atoms with E-state index >= 15 is 0 Å². The van der Waals surface area contributed by atoms with E-state index in [-0.39, 0.29) is 0 Å². The van der Waals surface area contributed by atoms with Crippen molar-refractivity contribution in [1.82, 2.24) is 15.1 Å². The Kier molecular flexibility index (Phi) is 4.70. The second kappa shape index (κ2) is 7.58. The minimum absolute atomic E-state index is 0.427. The zero-order chi connectivity index (χ0) is 20.8. The van der Waals surface area contributed by atoms with Gasteiger partial charge in [0.25, 0.3) is 0 Å². The molecule has 0 radical (unpaired) electrons. The normalized spacial score (nSPS) is 25.5. The summed E-state index contributed by atoms with van der Waals surface area (Å²) in [6.45, 7) is 1.65. The molecule has 1 aromatic carbocycles. The number of hydrogen-bond donors (Lipinski definition) is 0. The maximum Gasteiger partial charge on any atom is 0.434 e. The lowest BCUT2D eigenvalue weighted by Gasteiger charge is -2.22. The number of aliphatic imine (C=N–C) groups is 1. The fraction of sp³-hybridized carbons (Fsp3) is 0.300. The summed E-state index contributed by atoms with van der Waals surface area (Å²) in [4.78, 5) is 13.6. The summed E-state index contributed by atoms with van der Waals surface area (Å²) in [6.07, 6.45) is 3.90. The van der Waals surface area contributed by atoms with Gasteiger partial charge in [0.2, 0.25) is 0 Å². The first-order valence-electron chi connectivity index (χ1n) is 10.2. The molecular formula is C20H17B2BrN4O4. The van der Waals surface area contributed by atoms with Crippen LogP contribution in [0.1, 0.15) is 30.0 Å². The summed E-state index contributed by atoms with van der Waals surface area (Å²) < 4.78 is 22.7. The van der Waals surface area contributed by atoms with E-state index in [0.29, 0.717) is 48.4 Å². The molecular weight excluding hydrogens is 462 g/mol. The van der Waals surface area contributed by atoms with Crippen LogP contribution in [0.15, 0.2) is 50.6 Å². The van der Waals surface area contributed by atoms with E-state index < -0.39 is 5.62 Å². The molecule has 1 unspecified atom stereocenters. The minimum Gasteiger partial charge on any atom is -0.549 e. The molecule has 2 aromatic heterocycles. The van der Waals surface area contributed by atoms with Crippen LogP contribution in [-0.2, 0) is 19.7 Å². The monoisotopic (exact) mass is 478 g/mol. The van der Waals surface area contributed by atoms with Gasteiger partial charge in [-0.25, -0.2) is 9.98 Å². The predicted octanol–water partition coefficient (Wildman–Crippen LogP) is 2.68. The molecule has 0 bridgehead atoms. The third kappa shape index (κ3) is 3.81. The molecule has 3 fully saturated rings. The van der Waals surface area contributed by atoms with Crippen LogP contribution in [0, 0.1) is 0 Å². The molecule has 154 valence electrons. The van der Waals surface area contributed by atoms with E-state index in [1.165, 1.54) is 5.56 Å². The summed E-state index contributed by atoms with van der Waals surface area (Å²) in [7, 11) is 0.955.